The SMILES string of the molecule is CC(CCN)C(=O)O. The van der Waals surface area contributed by atoms with Crippen molar-refractivity contribution in [3.63, 3.8) is 0 Å². The Labute approximate surface area is 48.5 Å². The highest BCUT2D eigenvalue weighted by Gasteiger charge is 2.07. The molecule has 0 saturated heterocycles. The molecule has 0 aliphatic rings. The Hall–Kier alpha value is -0.570. The van der Waals surface area contributed by atoms with Gasteiger partial charge in [0.2, 0.25) is 0 Å². The monoisotopic (exact) mass is 117 g/mol. The molecule has 3 N–H and O–H groups in total. The molecular formula is C5H11NO2. The molecule has 0 amide bonds. The summed E-state index contributed by atoms with van der Waals surface area (Å²) in [5.41, 5.74) is 5.10. The van der Waals surface area contributed by atoms with Crippen molar-refractivity contribution < 1.29 is 9.90 Å². The first-order valence-corrected chi connectivity index (χ1v) is 2.61. The normalized spacial score (nSPS) is 13.2. The molecule has 0 heterocycles. The maximum Gasteiger partial charge on any atom is 0.306 e. The second kappa shape index (κ2) is 3.43. The molecule has 0 aromatic carbocycles. The van der Waals surface area contributed by atoms with Gasteiger partial charge in [0.05, 0.1) is 5.92 Å². The molecule has 3 heteroatoms. The van der Waals surface area contributed by atoms with Crippen LogP contribution >= 0.6 is 0 Å². The van der Waals surface area contributed by atoms with E-state index >= 15 is 0 Å². The summed E-state index contributed by atoms with van der Waals surface area (Å²) in [6, 6.07) is 0. The third-order valence-electron chi connectivity index (χ3n) is 1.02. The van der Waals surface area contributed by atoms with E-state index in [1.54, 1.807) is 6.92 Å². The van der Waals surface area contributed by atoms with Crippen LogP contribution < -0.4 is 5.73 Å². The van der Waals surface area contributed by atoms with Gasteiger partial charge in [-0.15, -0.1) is 0 Å². The highest BCUT2D eigenvalue weighted by Crippen LogP contribution is 1.97. The fourth-order valence-corrected chi connectivity index (χ4v) is 0.373. The molecule has 0 radical (unpaired) electrons. The molecule has 0 bridgehead atoms. The molecule has 0 saturated carbocycles. The number of carboxylic acid groups (broad SMARTS) is 1. The minimum Gasteiger partial charge on any atom is -0.481 e. The van der Waals surface area contributed by atoms with Gasteiger partial charge in [-0.3, -0.25) is 4.79 Å². The van der Waals surface area contributed by atoms with Gasteiger partial charge < -0.3 is 10.8 Å². The van der Waals surface area contributed by atoms with Crippen molar-refractivity contribution in [2.24, 2.45) is 11.7 Å². The summed E-state index contributed by atoms with van der Waals surface area (Å²) < 4.78 is 0. The Morgan fingerprint density at radius 1 is 1.88 bits per heavy atom. The van der Waals surface area contributed by atoms with E-state index in [2.05, 4.69) is 0 Å². The zero-order chi connectivity index (χ0) is 6.57. The average molecular weight is 117 g/mol. The Balaban J connectivity index is 3.32. The van der Waals surface area contributed by atoms with Gasteiger partial charge in [0.15, 0.2) is 0 Å². The van der Waals surface area contributed by atoms with Crippen LogP contribution in [0.1, 0.15) is 13.3 Å². The molecule has 0 aromatic heterocycles. The van der Waals surface area contributed by atoms with Crippen LogP contribution in [0.3, 0.4) is 0 Å². The maximum atomic E-state index is 10.0. The van der Waals surface area contributed by atoms with Crippen molar-refractivity contribution in [3.8, 4) is 0 Å². The summed E-state index contributed by atoms with van der Waals surface area (Å²) in [6.07, 6.45) is 0.565. The van der Waals surface area contributed by atoms with Crippen molar-refractivity contribution in [2.75, 3.05) is 6.54 Å². The van der Waals surface area contributed by atoms with Gasteiger partial charge in [0.25, 0.3) is 0 Å². The van der Waals surface area contributed by atoms with Crippen molar-refractivity contribution in [2.45, 2.75) is 13.3 Å². The first-order chi connectivity index (χ1) is 3.68. The van der Waals surface area contributed by atoms with Crippen LogP contribution in [0.25, 0.3) is 0 Å². The van der Waals surface area contributed by atoms with Crippen LogP contribution in [0.15, 0.2) is 0 Å². The Kier molecular flexibility index (Phi) is 3.19. The quantitative estimate of drug-likeness (QED) is 0.549. The third kappa shape index (κ3) is 2.58. The van der Waals surface area contributed by atoms with Gasteiger partial charge in [-0.05, 0) is 13.0 Å². The summed E-state index contributed by atoms with van der Waals surface area (Å²) in [7, 11) is 0. The van der Waals surface area contributed by atoms with Crippen molar-refractivity contribution in [1.29, 1.82) is 0 Å². The van der Waals surface area contributed by atoms with Crippen molar-refractivity contribution in [1.82, 2.24) is 0 Å². The van der Waals surface area contributed by atoms with E-state index in [0.29, 0.717) is 13.0 Å². The lowest BCUT2D eigenvalue weighted by Crippen LogP contribution is -2.14. The van der Waals surface area contributed by atoms with Gasteiger partial charge in [-0.1, -0.05) is 6.92 Å². The van der Waals surface area contributed by atoms with Crippen LogP contribution in [0.2, 0.25) is 0 Å². The Morgan fingerprint density at radius 2 is 2.38 bits per heavy atom. The van der Waals surface area contributed by atoms with Gasteiger partial charge in [-0.2, -0.15) is 0 Å². The summed E-state index contributed by atoms with van der Waals surface area (Å²) in [5.74, 6) is -1.06. The molecule has 8 heavy (non-hydrogen) atoms. The van der Waals surface area contributed by atoms with E-state index in [4.69, 9.17) is 10.8 Å². The summed E-state index contributed by atoms with van der Waals surface area (Å²) in [6.45, 7) is 2.10. The fourth-order valence-electron chi connectivity index (χ4n) is 0.373. The lowest BCUT2D eigenvalue weighted by Gasteiger charge is -2.00. The topological polar surface area (TPSA) is 63.3 Å². The first kappa shape index (κ1) is 7.43. The van der Waals surface area contributed by atoms with Gasteiger partial charge in [-0.25, -0.2) is 0 Å². The van der Waals surface area contributed by atoms with Crippen LogP contribution in [0.4, 0.5) is 0 Å². The standard InChI is InChI=1S/C5H11NO2/c1-4(2-3-6)5(7)8/h4H,2-3,6H2,1H3,(H,7,8). The Morgan fingerprint density at radius 3 is 2.50 bits per heavy atom. The number of carbonyl (C=O) groups is 1. The number of aliphatic carboxylic acids is 1. The van der Waals surface area contributed by atoms with Crippen LogP contribution in [0.5, 0.6) is 0 Å². The van der Waals surface area contributed by atoms with Crippen molar-refractivity contribution >= 4 is 5.97 Å². The fraction of sp³-hybridized carbons (Fsp3) is 0.800. The molecular weight excluding hydrogens is 106 g/mol. The summed E-state index contributed by atoms with van der Waals surface area (Å²) in [4.78, 5) is 10.0. The third-order valence-corrected chi connectivity index (χ3v) is 1.02. The summed E-state index contributed by atoms with van der Waals surface area (Å²) in [5, 5.41) is 8.26. The lowest BCUT2D eigenvalue weighted by molar-refractivity contribution is -0.141. The Bertz CT molecular complexity index is 82.5. The molecule has 1 unspecified atom stereocenters. The van der Waals surface area contributed by atoms with E-state index in [1.807, 2.05) is 0 Å². The number of nitrogens with two attached hydrogens (primary N) is 1. The number of hydrogen-bond donors (Lipinski definition) is 2. The zero-order valence-electron chi connectivity index (χ0n) is 4.92. The number of rotatable bonds is 3. The highest BCUT2D eigenvalue weighted by molar-refractivity contribution is 5.69. The predicted octanol–water partition coefficient (Wildman–Crippen LogP) is 0.0559. The largest absolute Gasteiger partial charge is 0.481 e. The molecule has 0 fully saturated rings. The van der Waals surface area contributed by atoms with E-state index in [-0.39, 0.29) is 5.92 Å². The maximum absolute atomic E-state index is 10.0. The van der Waals surface area contributed by atoms with Gasteiger partial charge in [0.1, 0.15) is 0 Å². The second-order valence-electron chi connectivity index (χ2n) is 1.82. The molecule has 0 spiro atoms. The van der Waals surface area contributed by atoms with E-state index in [1.165, 1.54) is 0 Å². The van der Waals surface area contributed by atoms with E-state index in [0.717, 1.165) is 0 Å². The average Bonchev–Trinajstić information content (AvgIpc) is 1.67. The molecule has 1 atom stereocenters. The first-order valence-electron chi connectivity index (χ1n) is 2.61. The van der Waals surface area contributed by atoms with Crippen molar-refractivity contribution in [3.05, 3.63) is 0 Å². The smallest absolute Gasteiger partial charge is 0.306 e. The number of carboxylic acids is 1. The van der Waals surface area contributed by atoms with E-state index < -0.39 is 5.97 Å². The zero-order valence-corrected chi connectivity index (χ0v) is 4.92. The molecule has 0 aromatic rings. The lowest BCUT2D eigenvalue weighted by atomic mass is 10.1. The van der Waals surface area contributed by atoms with Crippen LogP contribution in [-0.2, 0) is 4.79 Å². The van der Waals surface area contributed by atoms with E-state index in [9.17, 15) is 4.79 Å². The highest BCUT2D eigenvalue weighted by atomic mass is 16.4. The molecule has 0 aliphatic heterocycles. The number of hydrogen-bond acceptors (Lipinski definition) is 2. The minimum atomic E-state index is -0.768. The van der Waals surface area contributed by atoms with Gasteiger partial charge >= 0.3 is 5.97 Å². The summed E-state index contributed by atoms with van der Waals surface area (Å²) >= 11 is 0. The molecule has 48 valence electrons. The van der Waals surface area contributed by atoms with Crippen LogP contribution in [0, 0.1) is 5.92 Å². The van der Waals surface area contributed by atoms with Gasteiger partial charge in [0, 0.05) is 0 Å². The molecule has 3 nitrogen and oxygen atoms in total. The van der Waals surface area contributed by atoms with Crippen LogP contribution in [-0.4, -0.2) is 17.6 Å². The predicted molar refractivity (Wildman–Crippen MR) is 30.5 cm³/mol. The minimum absolute atomic E-state index is 0.292. The second-order valence-corrected chi connectivity index (χ2v) is 1.82. The molecule has 0 aliphatic carbocycles. The molecule has 0 rings (SSSR count).